The van der Waals surface area contributed by atoms with Crippen molar-refractivity contribution in [1.82, 2.24) is 44.2 Å². The Morgan fingerprint density at radius 1 is 0.841 bits per heavy atom. The molecule has 3 aliphatic rings. The molecular weight excluding hydrogens is 1040 g/mol. The van der Waals surface area contributed by atoms with E-state index in [9.17, 15) is 29.1 Å². The predicted molar refractivity (Wildman–Crippen MR) is 316 cm³/mol. The number of benzene rings is 3. The number of nitrogens with one attached hydrogen (secondary N) is 1. The van der Waals surface area contributed by atoms with Crippen molar-refractivity contribution in [2.75, 3.05) is 101 Å². The number of ether oxygens (including phenoxy) is 1. The van der Waals surface area contributed by atoms with Gasteiger partial charge >= 0.3 is 5.97 Å². The number of carboxylic acid groups (broad SMARTS) is 1. The van der Waals surface area contributed by atoms with Gasteiger partial charge in [-0.05, 0) is 80.1 Å². The molecule has 19 nitrogen and oxygen atoms in total. The first-order valence-corrected chi connectivity index (χ1v) is 28.7. The van der Waals surface area contributed by atoms with E-state index in [1.807, 2.05) is 54.9 Å². The number of fused-ring (bicyclic) bond motifs is 2. The Morgan fingerprint density at radius 2 is 1.65 bits per heavy atom. The molecule has 2 N–H and O–H groups in total. The van der Waals surface area contributed by atoms with E-state index in [1.54, 1.807) is 60.2 Å². The van der Waals surface area contributed by atoms with Gasteiger partial charge in [0.05, 0.1) is 48.9 Å². The first-order chi connectivity index (χ1) is 39.8. The third kappa shape index (κ3) is 13.0. The number of methoxy groups -OCH3 is 1. The zero-order valence-corrected chi connectivity index (χ0v) is 47.1. The molecule has 2 saturated heterocycles. The lowest BCUT2D eigenvalue weighted by molar-refractivity contribution is -0.137. The fraction of sp³-hybridized carbons (Fsp3) is 0.419. The molecule has 3 amide bonds. The van der Waals surface area contributed by atoms with Crippen molar-refractivity contribution in [2.24, 2.45) is 5.92 Å². The van der Waals surface area contributed by atoms with Gasteiger partial charge in [-0.15, -0.1) is 5.10 Å². The highest BCUT2D eigenvalue weighted by atomic mass is 19.1. The summed E-state index contributed by atoms with van der Waals surface area (Å²) in [7, 11) is 4.95. The van der Waals surface area contributed by atoms with Gasteiger partial charge in [0, 0.05) is 143 Å². The monoisotopic (exact) mass is 1120 g/mol. The normalized spacial score (nSPS) is 15.9. The Bertz CT molecular complexity index is 3510. The molecule has 3 aliphatic heterocycles. The number of nitrogens with zero attached hydrogens (tertiary/aromatic N) is 11. The van der Waals surface area contributed by atoms with Gasteiger partial charge < -0.3 is 43.9 Å². The maximum Gasteiger partial charge on any atom is 0.323 e. The van der Waals surface area contributed by atoms with Crippen LogP contribution in [0.25, 0.3) is 38.4 Å². The number of aromatic amines is 1. The van der Waals surface area contributed by atoms with E-state index < -0.39 is 23.9 Å². The van der Waals surface area contributed by atoms with Gasteiger partial charge in [-0.1, -0.05) is 61.2 Å². The summed E-state index contributed by atoms with van der Waals surface area (Å²) in [4.78, 5) is 85.2. The van der Waals surface area contributed by atoms with E-state index in [4.69, 9.17) is 4.74 Å². The van der Waals surface area contributed by atoms with E-state index in [1.165, 1.54) is 17.2 Å². The number of aliphatic carboxylic acids is 1. The molecule has 0 bridgehead atoms. The van der Waals surface area contributed by atoms with E-state index in [0.29, 0.717) is 66.1 Å². The largest absolute Gasteiger partial charge is 0.496 e. The minimum Gasteiger partial charge on any atom is -0.496 e. The number of carbonyl (C=O) groups is 4. The molecule has 2 fully saturated rings. The molecule has 430 valence electrons. The van der Waals surface area contributed by atoms with E-state index in [-0.39, 0.29) is 47.8 Å². The lowest BCUT2D eigenvalue weighted by Crippen LogP contribution is -2.46. The van der Waals surface area contributed by atoms with Crippen LogP contribution in [0.2, 0.25) is 0 Å². The van der Waals surface area contributed by atoms with Crippen LogP contribution in [0.1, 0.15) is 80.3 Å². The average Bonchev–Trinajstić information content (AvgIpc) is 4.28. The minimum atomic E-state index is -1.13. The number of anilines is 3. The number of hydrogen-bond donors (Lipinski definition) is 2. The van der Waals surface area contributed by atoms with Crippen LogP contribution in [0.4, 0.5) is 21.5 Å². The van der Waals surface area contributed by atoms with Gasteiger partial charge in [0.1, 0.15) is 18.0 Å². The average molecular weight is 1120 g/mol. The van der Waals surface area contributed by atoms with Crippen LogP contribution in [0.15, 0.2) is 109 Å². The van der Waals surface area contributed by atoms with Crippen molar-refractivity contribution in [2.45, 2.75) is 77.3 Å². The van der Waals surface area contributed by atoms with Crippen molar-refractivity contribution in [3.05, 3.63) is 131 Å². The molecule has 4 aromatic heterocycles. The number of carboxylic acids is 1. The lowest BCUT2D eigenvalue weighted by Gasteiger charge is -2.36. The molecular formula is C62H73FN12O7. The summed E-state index contributed by atoms with van der Waals surface area (Å²) in [5, 5.41) is 20.0. The van der Waals surface area contributed by atoms with Crippen LogP contribution < -0.4 is 25.0 Å². The van der Waals surface area contributed by atoms with Gasteiger partial charge in [-0.3, -0.25) is 38.5 Å². The summed E-state index contributed by atoms with van der Waals surface area (Å²) in [5.74, 6) is -1.63. The van der Waals surface area contributed by atoms with Gasteiger partial charge in [-0.2, -0.15) is 0 Å². The number of piperazine rings is 1. The van der Waals surface area contributed by atoms with Crippen LogP contribution in [0, 0.1) is 11.7 Å². The predicted octanol–water partition coefficient (Wildman–Crippen LogP) is 8.19. The number of carbonyl (C=O) groups excluding carboxylic acids is 3. The number of aryl methyl sites for hydroxylation is 1. The lowest BCUT2D eigenvalue weighted by atomic mass is 9.92. The van der Waals surface area contributed by atoms with Gasteiger partial charge in [-0.25, -0.2) is 4.39 Å². The molecule has 1 atom stereocenters. The molecule has 10 rings (SSSR count). The fourth-order valence-corrected chi connectivity index (χ4v) is 11.9. The summed E-state index contributed by atoms with van der Waals surface area (Å²) >= 11 is 0. The highest BCUT2D eigenvalue weighted by molar-refractivity contribution is 6.05. The molecule has 0 saturated carbocycles. The number of rotatable bonds is 22. The van der Waals surface area contributed by atoms with Crippen LogP contribution in [-0.2, 0) is 27.5 Å². The number of unbranched alkanes of at least 4 members (excludes halogenated alkanes) is 5. The van der Waals surface area contributed by atoms with E-state index in [0.717, 1.165) is 123 Å². The fourth-order valence-electron chi connectivity index (χ4n) is 11.9. The molecule has 0 radical (unpaired) electrons. The molecule has 20 heteroatoms. The summed E-state index contributed by atoms with van der Waals surface area (Å²) < 4.78 is 25.7. The standard InChI is InChI=1S/C62H73FN12O7/c1-68(2)62(81)53-36-52-51(35-50(59(63)60(52)66-53)44-15-12-26-72(39-44)57(77)22-28-74-29-23-65-67-74)49-20-18-46(34-55(49)82-3)70-32-30-69(31-33-70)24-10-6-4-5-7-11-27-75(47-19-21-56(76)73(41-47)42-58(78)79)61(80)45-16-13-25-71(40-45)54-38-64-37-43-14-8-9-17-48(43)54/h8-9,14-15,17-21,23,29,34-38,41,45,66H,4-7,10-13,16,22,24-28,30-33,39-40,42H2,1-3H3,(H,78,79). The first kappa shape index (κ1) is 56.9. The van der Waals surface area contributed by atoms with Crippen molar-refractivity contribution >= 4 is 68.0 Å². The number of halogens is 1. The van der Waals surface area contributed by atoms with Crippen molar-refractivity contribution in [3.8, 4) is 16.9 Å². The van der Waals surface area contributed by atoms with Gasteiger partial charge in [0.2, 0.25) is 11.8 Å². The van der Waals surface area contributed by atoms with Crippen LogP contribution in [0.5, 0.6) is 5.75 Å². The smallest absolute Gasteiger partial charge is 0.323 e. The second-order valence-electron chi connectivity index (χ2n) is 21.9. The first-order valence-electron chi connectivity index (χ1n) is 28.7. The third-order valence-corrected chi connectivity index (χ3v) is 16.3. The van der Waals surface area contributed by atoms with Crippen molar-refractivity contribution in [3.63, 3.8) is 0 Å². The van der Waals surface area contributed by atoms with Crippen LogP contribution in [0.3, 0.4) is 0 Å². The quantitative estimate of drug-likeness (QED) is 0.0617. The third-order valence-electron chi connectivity index (χ3n) is 16.3. The Morgan fingerprint density at radius 3 is 2.43 bits per heavy atom. The molecule has 1 unspecified atom stereocenters. The molecule has 7 heterocycles. The number of piperidine rings is 1. The summed E-state index contributed by atoms with van der Waals surface area (Å²) in [6, 6.07) is 20.8. The SMILES string of the molecule is COc1cc(N2CCN(CCCCCCCCN(C(=O)C3CCCN(c4cncc5ccccc45)C3)c3ccc(=O)n(CC(=O)O)c3)CC2)ccc1-c1cc(C2=CCCN(C(=O)CCn3ccnn3)C2)c(F)c2[nH]c(C(=O)N(C)C)cc12. The maximum atomic E-state index is 16.8. The van der Waals surface area contributed by atoms with E-state index in [2.05, 4.69) is 47.1 Å². The summed E-state index contributed by atoms with van der Waals surface area (Å²) in [5.41, 5.74) is 5.12. The van der Waals surface area contributed by atoms with Crippen molar-refractivity contribution in [1.29, 1.82) is 0 Å². The highest BCUT2D eigenvalue weighted by Crippen LogP contribution is 2.42. The number of H-pyrrole nitrogens is 1. The van der Waals surface area contributed by atoms with Crippen LogP contribution in [-0.4, -0.2) is 160 Å². The number of hydrogen-bond acceptors (Lipinski definition) is 12. The Hall–Kier alpha value is -8.39. The molecule has 7 aromatic rings. The van der Waals surface area contributed by atoms with Gasteiger partial charge in [0.25, 0.3) is 11.5 Å². The topological polar surface area (TPSA) is 199 Å². The zero-order chi connectivity index (χ0) is 57.3. The summed E-state index contributed by atoms with van der Waals surface area (Å²) in [6.45, 7) is 7.00. The minimum absolute atomic E-state index is 0.0187. The zero-order valence-electron chi connectivity index (χ0n) is 47.1. The number of pyridine rings is 2. The molecule has 0 spiro atoms. The highest BCUT2D eigenvalue weighted by Gasteiger charge is 2.32. The maximum absolute atomic E-state index is 16.8. The van der Waals surface area contributed by atoms with E-state index >= 15 is 4.39 Å². The Kier molecular flexibility index (Phi) is 18.0. The van der Waals surface area contributed by atoms with Gasteiger partial charge in [0.15, 0.2) is 5.82 Å². The van der Waals surface area contributed by atoms with Crippen LogP contribution >= 0.6 is 0 Å². The molecule has 82 heavy (non-hydrogen) atoms. The number of amides is 3. The molecule has 3 aromatic carbocycles. The Labute approximate surface area is 476 Å². The second-order valence-corrected chi connectivity index (χ2v) is 21.9. The Balaban J connectivity index is 0.732. The van der Waals surface area contributed by atoms with Crippen molar-refractivity contribution < 1.29 is 33.4 Å². The number of aromatic nitrogens is 6. The second kappa shape index (κ2) is 26.0. The summed E-state index contributed by atoms with van der Waals surface area (Å²) in [6.07, 6.45) is 18.9. The molecule has 0 aliphatic carbocycles.